The second-order valence-corrected chi connectivity index (χ2v) is 2.09. The van der Waals surface area contributed by atoms with E-state index in [-0.39, 0.29) is 5.22 Å². The molecule has 0 saturated carbocycles. The van der Waals surface area contributed by atoms with Crippen molar-refractivity contribution in [1.82, 2.24) is 0 Å². The third-order valence-corrected chi connectivity index (χ3v) is 1.22. The van der Waals surface area contributed by atoms with E-state index in [1.165, 1.54) is 0 Å². The normalized spacial score (nSPS) is 9.56. The fourth-order valence-corrected chi connectivity index (χ4v) is 0.820. The maximum absolute atomic E-state index is 10.1. The van der Waals surface area contributed by atoms with Gasteiger partial charge in [0, 0.05) is 0 Å². The van der Waals surface area contributed by atoms with E-state index >= 15 is 0 Å². The molecule has 0 bridgehead atoms. The Morgan fingerprint density at radius 1 is 1.78 bits per heavy atom. The molecule has 0 aromatic carbocycles. The predicted molar refractivity (Wildman–Crippen MR) is 33.8 cm³/mol. The summed E-state index contributed by atoms with van der Waals surface area (Å²) in [4.78, 5) is 10.1. The van der Waals surface area contributed by atoms with Crippen molar-refractivity contribution < 1.29 is 9.21 Å². The monoisotopic (exact) mass is 144 g/mol. The number of aldehydes is 1. The zero-order valence-corrected chi connectivity index (χ0v) is 5.61. The summed E-state index contributed by atoms with van der Waals surface area (Å²) in [7, 11) is 0. The first-order chi connectivity index (χ1) is 4.24. The standard InChI is InChI=1S/C6H5ClO2/c1-4-2-6(7)9-5(4)3-8/h2-3H,1H3. The Balaban J connectivity index is 3.15. The summed E-state index contributed by atoms with van der Waals surface area (Å²) in [6.45, 7) is 1.76. The molecular weight excluding hydrogens is 140 g/mol. The van der Waals surface area contributed by atoms with Gasteiger partial charge in [0.2, 0.25) is 0 Å². The van der Waals surface area contributed by atoms with Crippen LogP contribution in [-0.4, -0.2) is 6.29 Å². The number of furan rings is 1. The minimum absolute atomic E-state index is 0.259. The van der Waals surface area contributed by atoms with Gasteiger partial charge < -0.3 is 4.42 Å². The minimum atomic E-state index is 0.259. The molecule has 0 spiro atoms. The van der Waals surface area contributed by atoms with Gasteiger partial charge in [-0.3, -0.25) is 4.79 Å². The van der Waals surface area contributed by atoms with E-state index in [0.29, 0.717) is 12.0 Å². The zero-order valence-electron chi connectivity index (χ0n) is 4.85. The van der Waals surface area contributed by atoms with E-state index in [4.69, 9.17) is 16.0 Å². The molecule has 0 unspecified atom stereocenters. The molecule has 0 N–H and O–H groups in total. The molecule has 0 fully saturated rings. The zero-order chi connectivity index (χ0) is 6.85. The summed E-state index contributed by atoms with van der Waals surface area (Å²) in [5.74, 6) is 0.306. The maximum atomic E-state index is 10.1. The van der Waals surface area contributed by atoms with Crippen molar-refractivity contribution in [3.8, 4) is 0 Å². The third kappa shape index (κ3) is 1.13. The average molecular weight is 145 g/mol. The fourth-order valence-electron chi connectivity index (χ4n) is 0.573. The van der Waals surface area contributed by atoms with Crippen LogP contribution in [0.25, 0.3) is 0 Å². The Bertz CT molecular complexity index is 227. The van der Waals surface area contributed by atoms with Crippen LogP contribution in [0.5, 0.6) is 0 Å². The quantitative estimate of drug-likeness (QED) is 0.565. The molecule has 0 amide bonds. The van der Waals surface area contributed by atoms with E-state index in [1.807, 2.05) is 0 Å². The first kappa shape index (κ1) is 6.36. The second kappa shape index (κ2) is 2.23. The molecule has 1 rings (SSSR count). The Hall–Kier alpha value is -0.760. The molecule has 0 atom stereocenters. The Morgan fingerprint density at radius 3 is 2.67 bits per heavy atom. The first-order valence-electron chi connectivity index (χ1n) is 2.45. The Morgan fingerprint density at radius 2 is 2.44 bits per heavy atom. The van der Waals surface area contributed by atoms with Crippen LogP contribution in [0.4, 0.5) is 0 Å². The number of halogens is 1. The van der Waals surface area contributed by atoms with Crippen molar-refractivity contribution in [2.24, 2.45) is 0 Å². The number of carbonyl (C=O) groups excluding carboxylic acids is 1. The van der Waals surface area contributed by atoms with Gasteiger partial charge in [0.05, 0.1) is 0 Å². The lowest BCUT2D eigenvalue weighted by molar-refractivity contribution is 0.110. The van der Waals surface area contributed by atoms with Gasteiger partial charge in [-0.15, -0.1) is 0 Å². The van der Waals surface area contributed by atoms with Gasteiger partial charge in [-0.1, -0.05) is 0 Å². The summed E-state index contributed by atoms with van der Waals surface area (Å²) >= 11 is 5.42. The van der Waals surface area contributed by atoms with E-state index in [2.05, 4.69) is 0 Å². The Labute approximate surface area is 57.4 Å². The lowest BCUT2D eigenvalue weighted by Gasteiger charge is -1.78. The van der Waals surface area contributed by atoms with Crippen molar-refractivity contribution in [3.63, 3.8) is 0 Å². The molecular formula is C6H5ClO2. The minimum Gasteiger partial charge on any atom is -0.442 e. The molecule has 0 saturated heterocycles. The summed E-state index contributed by atoms with van der Waals surface area (Å²) in [5.41, 5.74) is 0.773. The smallest absolute Gasteiger partial charge is 0.194 e. The Kier molecular flexibility index (Phi) is 1.58. The summed E-state index contributed by atoms with van der Waals surface area (Å²) in [6, 6.07) is 1.60. The molecule has 0 aliphatic heterocycles. The highest BCUT2D eigenvalue weighted by Crippen LogP contribution is 2.16. The lowest BCUT2D eigenvalue weighted by atomic mass is 10.3. The van der Waals surface area contributed by atoms with Crippen LogP contribution >= 0.6 is 11.6 Å². The predicted octanol–water partition coefficient (Wildman–Crippen LogP) is 2.05. The van der Waals surface area contributed by atoms with Crippen LogP contribution in [0.3, 0.4) is 0 Å². The van der Waals surface area contributed by atoms with Gasteiger partial charge in [-0.2, -0.15) is 0 Å². The third-order valence-electron chi connectivity index (χ3n) is 1.03. The van der Waals surface area contributed by atoms with Gasteiger partial charge in [-0.25, -0.2) is 0 Å². The molecule has 0 aliphatic rings. The van der Waals surface area contributed by atoms with E-state index in [9.17, 15) is 4.79 Å². The van der Waals surface area contributed by atoms with Crippen molar-refractivity contribution in [2.75, 3.05) is 0 Å². The van der Waals surface area contributed by atoms with E-state index in [1.54, 1.807) is 13.0 Å². The largest absolute Gasteiger partial charge is 0.442 e. The number of hydrogen-bond donors (Lipinski definition) is 0. The summed E-state index contributed by atoms with van der Waals surface area (Å²) < 4.78 is 4.76. The topological polar surface area (TPSA) is 30.2 Å². The number of carbonyl (C=O) groups is 1. The van der Waals surface area contributed by atoms with Gasteiger partial charge in [0.1, 0.15) is 0 Å². The molecule has 9 heavy (non-hydrogen) atoms. The molecule has 48 valence electrons. The van der Waals surface area contributed by atoms with Crippen LogP contribution in [0.2, 0.25) is 5.22 Å². The second-order valence-electron chi connectivity index (χ2n) is 1.72. The van der Waals surface area contributed by atoms with Gasteiger partial charge >= 0.3 is 0 Å². The number of aryl methyl sites for hydroxylation is 1. The van der Waals surface area contributed by atoms with Crippen LogP contribution in [-0.2, 0) is 0 Å². The molecule has 1 heterocycles. The number of hydrogen-bond acceptors (Lipinski definition) is 2. The summed E-state index contributed by atoms with van der Waals surface area (Å²) in [5, 5.41) is 0.259. The van der Waals surface area contributed by atoms with Crippen LogP contribution in [0, 0.1) is 6.92 Å². The van der Waals surface area contributed by atoms with Gasteiger partial charge in [0.25, 0.3) is 0 Å². The van der Waals surface area contributed by atoms with Crippen LogP contribution in [0.15, 0.2) is 10.5 Å². The van der Waals surface area contributed by atoms with E-state index in [0.717, 1.165) is 5.56 Å². The first-order valence-corrected chi connectivity index (χ1v) is 2.83. The van der Waals surface area contributed by atoms with Gasteiger partial charge in [0.15, 0.2) is 17.3 Å². The molecule has 0 radical (unpaired) electrons. The molecule has 2 nitrogen and oxygen atoms in total. The SMILES string of the molecule is Cc1cc(Cl)oc1C=O. The molecule has 1 aromatic heterocycles. The van der Waals surface area contributed by atoms with Crippen molar-refractivity contribution in [3.05, 3.63) is 22.6 Å². The molecule has 0 aliphatic carbocycles. The van der Waals surface area contributed by atoms with Crippen molar-refractivity contribution in [1.29, 1.82) is 0 Å². The van der Waals surface area contributed by atoms with Crippen molar-refractivity contribution >= 4 is 17.9 Å². The fraction of sp³-hybridized carbons (Fsp3) is 0.167. The average Bonchev–Trinajstić information content (AvgIpc) is 2.10. The van der Waals surface area contributed by atoms with Crippen LogP contribution < -0.4 is 0 Å². The highest BCUT2D eigenvalue weighted by Gasteiger charge is 2.02. The maximum Gasteiger partial charge on any atom is 0.194 e. The highest BCUT2D eigenvalue weighted by molar-refractivity contribution is 6.29. The van der Waals surface area contributed by atoms with E-state index < -0.39 is 0 Å². The highest BCUT2D eigenvalue weighted by atomic mass is 35.5. The van der Waals surface area contributed by atoms with Crippen molar-refractivity contribution in [2.45, 2.75) is 6.92 Å². The van der Waals surface area contributed by atoms with Gasteiger partial charge in [-0.05, 0) is 30.2 Å². The lowest BCUT2D eigenvalue weighted by Crippen LogP contribution is -1.74. The van der Waals surface area contributed by atoms with Crippen LogP contribution in [0.1, 0.15) is 16.1 Å². The number of rotatable bonds is 1. The summed E-state index contributed by atoms with van der Waals surface area (Å²) in [6.07, 6.45) is 0.640. The molecule has 3 heteroatoms. The molecule has 1 aromatic rings.